The summed E-state index contributed by atoms with van der Waals surface area (Å²) in [5, 5.41) is 5.66. The molecule has 2 nitrogen and oxygen atoms in total. The maximum absolute atomic E-state index is 6.10. The molecule has 2 N–H and O–H groups in total. The third-order valence-corrected chi connectivity index (χ3v) is 4.23. The lowest BCUT2D eigenvalue weighted by atomic mass is 10.1. The van der Waals surface area contributed by atoms with Gasteiger partial charge >= 0.3 is 0 Å². The van der Waals surface area contributed by atoms with Gasteiger partial charge in [0.1, 0.15) is 0 Å². The number of aromatic amines is 1. The Kier molecular flexibility index (Phi) is 4.51. The first-order chi connectivity index (χ1) is 10.6. The van der Waals surface area contributed by atoms with Gasteiger partial charge < -0.3 is 10.3 Å². The van der Waals surface area contributed by atoms with E-state index in [1.165, 1.54) is 33.3 Å². The van der Waals surface area contributed by atoms with Crippen LogP contribution < -0.4 is 5.32 Å². The molecule has 1 heterocycles. The van der Waals surface area contributed by atoms with Crippen LogP contribution in [-0.4, -0.2) is 11.5 Å². The summed E-state index contributed by atoms with van der Waals surface area (Å²) in [6.45, 7) is 6.03. The van der Waals surface area contributed by atoms with Gasteiger partial charge in [0.15, 0.2) is 0 Å². The molecule has 3 rings (SSSR count). The fraction of sp³-hybridized carbons (Fsp3) is 0.263. The lowest BCUT2D eigenvalue weighted by Gasteiger charge is -2.07. The Labute approximate surface area is 136 Å². The smallest absolute Gasteiger partial charge is 0.0458 e. The van der Waals surface area contributed by atoms with E-state index < -0.39 is 0 Å². The molecule has 0 aliphatic heterocycles. The van der Waals surface area contributed by atoms with E-state index >= 15 is 0 Å². The zero-order valence-electron chi connectivity index (χ0n) is 13.0. The summed E-state index contributed by atoms with van der Waals surface area (Å²) >= 11 is 6.10. The average Bonchev–Trinajstić information content (AvgIpc) is 2.78. The second-order valence-electron chi connectivity index (χ2n) is 5.84. The zero-order valence-corrected chi connectivity index (χ0v) is 13.8. The molecule has 0 saturated carbocycles. The molecular weight excluding hydrogens is 292 g/mol. The quantitative estimate of drug-likeness (QED) is 0.652. The molecule has 2 aromatic carbocycles. The van der Waals surface area contributed by atoms with Gasteiger partial charge in [0, 0.05) is 28.2 Å². The molecule has 0 radical (unpaired) electrons. The molecular formula is C19H21ClN2. The van der Waals surface area contributed by atoms with Crippen molar-refractivity contribution in [2.24, 2.45) is 0 Å². The molecule has 0 amide bonds. The highest BCUT2D eigenvalue weighted by Gasteiger charge is 2.07. The lowest BCUT2D eigenvalue weighted by molar-refractivity contribution is 0.687. The van der Waals surface area contributed by atoms with Crippen LogP contribution in [0.1, 0.15) is 22.4 Å². The predicted octanol–water partition coefficient (Wildman–Crippen LogP) is 4.77. The Hall–Kier alpha value is -1.77. The summed E-state index contributed by atoms with van der Waals surface area (Å²) in [7, 11) is 0. The molecule has 0 aliphatic carbocycles. The van der Waals surface area contributed by atoms with E-state index in [4.69, 9.17) is 11.6 Å². The number of hydrogen-bond donors (Lipinski definition) is 2. The number of hydrogen-bond acceptors (Lipinski definition) is 1. The number of aryl methyl sites for hydroxylation is 2. The number of para-hydroxylation sites is 1. The molecule has 0 atom stereocenters. The standard InChI is InChI=1S/C19H21ClN2/c1-13-9-15(11-16(20)10-13)12-21-8-7-17-14(2)22-19-6-4-3-5-18(17)19/h3-6,9-11,21-22H,7-8,12H2,1-2H3. The molecule has 0 spiro atoms. The highest BCUT2D eigenvalue weighted by molar-refractivity contribution is 6.30. The van der Waals surface area contributed by atoms with Crippen molar-refractivity contribution in [3.05, 3.63) is 69.9 Å². The highest BCUT2D eigenvalue weighted by Crippen LogP contribution is 2.22. The molecule has 0 saturated heterocycles. The summed E-state index contributed by atoms with van der Waals surface area (Å²) in [6, 6.07) is 14.7. The third kappa shape index (κ3) is 3.34. The molecule has 1 aromatic heterocycles. The minimum atomic E-state index is 0.810. The van der Waals surface area contributed by atoms with E-state index in [1.54, 1.807) is 0 Å². The fourth-order valence-electron chi connectivity index (χ4n) is 3.02. The monoisotopic (exact) mass is 312 g/mol. The summed E-state index contributed by atoms with van der Waals surface area (Å²) in [5.41, 5.74) is 6.34. The highest BCUT2D eigenvalue weighted by atomic mass is 35.5. The molecule has 3 heteroatoms. The van der Waals surface area contributed by atoms with Crippen LogP contribution in [0.4, 0.5) is 0 Å². The van der Waals surface area contributed by atoms with Crippen LogP contribution in [0.15, 0.2) is 42.5 Å². The Morgan fingerprint density at radius 1 is 1.09 bits per heavy atom. The van der Waals surface area contributed by atoms with Crippen LogP contribution in [-0.2, 0) is 13.0 Å². The predicted molar refractivity (Wildman–Crippen MR) is 94.6 cm³/mol. The lowest BCUT2D eigenvalue weighted by Crippen LogP contribution is -2.17. The van der Waals surface area contributed by atoms with Gasteiger partial charge in [0.25, 0.3) is 0 Å². The van der Waals surface area contributed by atoms with E-state index in [2.05, 4.69) is 54.5 Å². The van der Waals surface area contributed by atoms with E-state index in [-0.39, 0.29) is 0 Å². The van der Waals surface area contributed by atoms with Gasteiger partial charge in [-0.3, -0.25) is 0 Å². The minimum absolute atomic E-state index is 0.810. The van der Waals surface area contributed by atoms with Gasteiger partial charge in [-0.25, -0.2) is 0 Å². The topological polar surface area (TPSA) is 27.8 Å². The minimum Gasteiger partial charge on any atom is -0.358 e. The molecule has 114 valence electrons. The molecule has 0 fully saturated rings. The van der Waals surface area contributed by atoms with Crippen molar-refractivity contribution in [3.63, 3.8) is 0 Å². The Balaban J connectivity index is 1.62. The van der Waals surface area contributed by atoms with Gasteiger partial charge in [-0.2, -0.15) is 0 Å². The molecule has 3 aromatic rings. The van der Waals surface area contributed by atoms with Crippen LogP contribution in [0.5, 0.6) is 0 Å². The van der Waals surface area contributed by atoms with Crippen molar-refractivity contribution in [2.45, 2.75) is 26.8 Å². The maximum atomic E-state index is 6.10. The molecule has 0 unspecified atom stereocenters. The summed E-state index contributed by atoms with van der Waals surface area (Å²) < 4.78 is 0. The number of nitrogens with one attached hydrogen (secondary N) is 2. The van der Waals surface area contributed by atoms with Crippen molar-refractivity contribution in [2.75, 3.05) is 6.54 Å². The van der Waals surface area contributed by atoms with E-state index in [0.717, 1.165) is 24.5 Å². The van der Waals surface area contributed by atoms with Gasteiger partial charge in [-0.1, -0.05) is 35.9 Å². The first-order valence-electron chi connectivity index (χ1n) is 7.66. The number of H-pyrrole nitrogens is 1. The van der Waals surface area contributed by atoms with Crippen molar-refractivity contribution in [1.82, 2.24) is 10.3 Å². The summed E-state index contributed by atoms with van der Waals surface area (Å²) in [6.07, 6.45) is 1.02. The van der Waals surface area contributed by atoms with Crippen molar-refractivity contribution in [1.29, 1.82) is 0 Å². The van der Waals surface area contributed by atoms with Crippen molar-refractivity contribution in [3.8, 4) is 0 Å². The second-order valence-corrected chi connectivity index (χ2v) is 6.27. The molecule has 22 heavy (non-hydrogen) atoms. The number of benzene rings is 2. The largest absolute Gasteiger partial charge is 0.358 e. The molecule has 0 aliphatic rings. The number of fused-ring (bicyclic) bond motifs is 1. The maximum Gasteiger partial charge on any atom is 0.0458 e. The number of halogens is 1. The van der Waals surface area contributed by atoms with E-state index in [9.17, 15) is 0 Å². The van der Waals surface area contributed by atoms with Crippen LogP contribution in [0.2, 0.25) is 5.02 Å². The first kappa shape index (κ1) is 15.1. The first-order valence-corrected chi connectivity index (χ1v) is 8.04. The Morgan fingerprint density at radius 2 is 1.91 bits per heavy atom. The van der Waals surface area contributed by atoms with Crippen LogP contribution in [0.3, 0.4) is 0 Å². The fourth-order valence-corrected chi connectivity index (χ4v) is 3.33. The normalized spacial score (nSPS) is 11.2. The Bertz CT molecular complexity index is 769. The van der Waals surface area contributed by atoms with Gasteiger partial charge in [-0.05, 0) is 61.7 Å². The van der Waals surface area contributed by atoms with Crippen LogP contribution in [0.25, 0.3) is 10.9 Å². The van der Waals surface area contributed by atoms with Gasteiger partial charge in [-0.15, -0.1) is 0 Å². The summed E-state index contributed by atoms with van der Waals surface area (Å²) in [5.74, 6) is 0. The average molecular weight is 313 g/mol. The van der Waals surface area contributed by atoms with Crippen molar-refractivity contribution >= 4 is 22.5 Å². The van der Waals surface area contributed by atoms with Crippen LogP contribution in [0, 0.1) is 13.8 Å². The van der Waals surface area contributed by atoms with Gasteiger partial charge in [0.05, 0.1) is 0 Å². The van der Waals surface area contributed by atoms with Crippen LogP contribution >= 0.6 is 11.6 Å². The van der Waals surface area contributed by atoms with E-state index in [1.807, 2.05) is 12.1 Å². The van der Waals surface area contributed by atoms with Gasteiger partial charge in [0.2, 0.25) is 0 Å². The SMILES string of the molecule is Cc1cc(Cl)cc(CNCCc2c(C)[nH]c3ccccc23)c1. The zero-order chi connectivity index (χ0) is 15.5. The number of aromatic nitrogens is 1. The molecule has 0 bridgehead atoms. The second kappa shape index (κ2) is 6.55. The van der Waals surface area contributed by atoms with E-state index in [0.29, 0.717) is 0 Å². The third-order valence-electron chi connectivity index (χ3n) is 4.01. The Morgan fingerprint density at radius 3 is 2.73 bits per heavy atom. The summed E-state index contributed by atoms with van der Waals surface area (Å²) in [4.78, 5) is 3.46. The van der Waals surface area contributed by atoms with Crippen molar-refractivity contribution < 1.29 is 0 Å². The number of rotatable bonds is 5.